The summed E-state index contributed by atoms with van der Waals surface area (Å²) in [5.74, 6) is -2.31. The largest absolute Gasteiger partial charge is 0.479 e. The van der Waals surface area contributed by atoms with Crippen molar-refractivity contribution in [2.75, 3.05) is 64.2 Å². The van der Waals surface area contributed by atoms with Gasteiger partial charge >= 0.3 is 11.9 Å². The van der Waals surface area contributed by atoms with Crippen LogP contribution in [0, 0.1) is 11.8 Å². The lowest BCUT2D eigenvalue weighted by molar-refractivity contribution is -0.165. The Morgan fingerprint density at radius 2 is 0.788 bits per heavy atom. The predicted molar refractivity (Wildman–Crippen MR) is 211 cm³/mol. The summed E-state index contributed by atoms with van der Waals surface area (Å²) in [5, 5.41) is 32.5. The van der Waals surface area contributed by atoms with Gasteiger partial charge in [0.25, 0.3) is 0 Å². The molecule has 2 aliphatic rings. The van der Waals surface area contributed by atoms with Gasteiger partial charge in [-0.05, 0) is 88.6 Å². The van der Waals surface area contributed by atoms with E-state index in [0.29, 0.717) is 11.8 Å². The summed E-state index contributed by atoms with van der Waals surface area (Å²) in [4.78, 5) is 34.5. The van der Waals surface area contributed by atoms with E-state index < -0.39 is 24.1 Å². The molecule has 4 atom stereocenters. The summed E-state index contributed by atoms with van der Waals surface area (Å²) >= 11 is 3.75. The normalized spacial score (nSPS) is 15.0. The molecular weight excluding hydrogens is 697 g/mol. The molecule has 278 valence electrons. The maximum Gasteiger partial charge on any atom is 0.335 e. The molecule has 0 saturated heterocycles. The van der Waals surface area contributed by atoms with Crippen molar-refractivity contribution in [3.05, 3.63) is 97.1 Å². The molecule has 0 saturated carbocycles. The van der Waals surface area contributed by atoms with E-state index in [4.69, 9.17) is 20.4 Å². The zero-order chi connectivity index (χ0) is 37.9. The lowest BCUT2D eigenvalue weighted by Crippen LogP contribution is -2.39. The van der Waals surface area contributed by atoms with Crippen LogP contribution in [0.3, 0.4) is 0 Å². The molecular formula is C40H50N4O6S2. The molecule has 4 aromatic carbocycles. The first-order valence-corrected chi connectivity index (χ1v) is 18.8. The van der Waals surface area contributed by atoms with Crippen LogP contribution in [-0.2, 0) is 9.59 Å². The van der Waals surface area contributed by atoms with E-state index in [-0.39, 0.29) is 0 Å². The summed E-state index contributed by atoms with van der Waals surface area (Å²) in [6.07, 6.45) is -4.53. The van der Waals surface area contributed by atoms with Crippen molar-refractivity contribution >= 4 is 58.2 Å². The molecule has 0 fully saturated rings. The number of fused-ring (bicyclic) bond motifs is 4. The van der Waals surface area contributed by atoms with E-state index in [1.54, 1.807) is 0 Å². The average molecular weight is 747 g/mol. The number of aliphatic carboxylic acids is 2. The van der Waals surface area contributed by atoms with Gasteiger partial charge < -0.3 is 40.0 Å². The van der Waals surface area contributed by atoms with E-state index in [1.807, 2.05) is 23.5 Å². The molecule has 0 unspecified atom stereocenters. The molecule has 2 heterocycles. The third-order valence-corrected chi connectivity index (χ3v) is 10.5. The summed E-state index contributed by atoms with van der Waals surface area (Å²) in [5.41, 5.74) is 5.36. The highest BCUT2D eigenvalue weighted by molar-refractivity contribution is 8.00. The average Bonchev–Trinajstić information content (AvgIpc) is 3.10. The van der Waals surface area contributed by atoms with E-state index in [0.717, 1.165) is 26.2 Å². The van der Waals surface area contributed by atoms with Crippen LogP contribution in [0.2, 0.25) is 0 Å². The lowest BCUT2D eigenvalue weighted by atomic mass is 10.1. The van der Waals surface area contributed by atoms with E-state index >= 15 is 0 Å². The maximum absolute atomic E-state index is 9.77. The number of hydrogen-bond donors (Lipinski definition) is 4. The number of benzene rings is 4. The Bertz CT molecular complexity index is 1570. The first kappa shape index (κ1) is 40.7. The third-order valence-electron chi connectivity index (χ3n) is 8.21. The smallest absolute Gasteiger partial charge is 0.335 e. The van der Waals surface area contributed by atoms with Gasteiger partial charge in [0.05, 0.1) is 22.7 Å². The molecule has 0 aromatic heterocycles. The Labute approximate surface area is 315 Å². The number of aliphatic hydroxyl groups excluding tert-OH is 2. The van der Waals surface area contributed by atoms with Crippen LogP contribution in [0.15, 0.2) is 117 Å². The minimum absolute atomic E-state index is 0.615. The first-order chi connectivity index (χ1) is 24.8. The van der Waals surface area contributed by atoms with Gasteiger partial charge in [0.1, 0.15) is 0 Å². The van der Waals surface area contributed by atoms with E-state index in [1.165, 1.54) is 42.3 Å². The summed E-state index contributed by atoms with van der Waals surface area (Å²) in [6, 6.07) is 34.9. The maximum atomic E-state index is 9.77. The van der Waals surface area contributed by atoms with Crippen LogP contribution in [0.1, 0.15) is 13.8 Å². The molecule has 0 radical (unpaired) electrons. The Morgan fingerprint density at radius 1 is 0.538 bits per heavy atom. The molecule has 0 spiro atoms. The van der Waals surface area contributed by atoms with Crippen LogP contribution in [0.25, 0.3) is 0 Å². The van der Waals surface area contributed by atoms with Gasteiger partial charge in [0, 0.05) is 45.8 Å². The van der Waals surface area contributed by atoms with E-state index in [9.17, 15) is 9.59 Å². The fourth-order valence-electron chi connectivity index (χ4n) is 6.21. The molecule has 4 aromatic rings. The van der Waals surface area contributed by atoms with Gasteiger partial charge in [-0.15, -0.1) is 0 Å². The quantitative estimate of drug-likeness (QED) is 0.128. The molecule has 0 aliphatic carbocycles. The van der Waals surface area contributed by atoms with Crippen molar-refractivity contribution in [3.8, 4) is 0 Å². The van der Waals surface area contributed by atoms with E-state index in [2.05, 4.69) is 159 Å². The highest BCUT2D eigenvalue weighted by atomic mass is 32.2. The number of hydrogen-bond acceptors (Lipinski definition) is 10. The molecule has 52 heavy (non-hydrogen) atoms. The van der Waals surface area contributed by atoms with Gasteiger partial charge in [-0.1, -0.05) is 85.9 Å². The van der Waals surface area contributed by atoms with Gasteiger partial charge in [0.2, 0.25) is 0 Å². The van der Waals surface area contributed by atoms with Gasteiger partial charge in [-0.2, -0.15) is 0 Å². The minimum Gasteiger partial charge on any atom is -0.479 e. The van der Waals surface area contributed by atoms with Crippen molar-refractivity contribution < 1.29 is 30.0 Å². The number of para-hydroxylation sites is 4. The molecule has 2 aliphatic heterocycles. The monoisotopic (exact) mass is 746 g/mol. The summed E-state index contributed by atoms with van der Waals surface area (Å²) < 4.78 is 0. The van der Waals surface area contributed by atoms with Crippen LogP contribution in [0.4, 0.5) is 22.7 Å². The van der Waals surface area contributed by atoms with Crippen molar-refractivity contribution in [3.63, 3.8) is 0 Å². The number of carboxylic acid groups (broad SMARTS) is 2. The minimum atomic E-state index is -2.27. The Balaban J connectivity index is 0.000000187. The Kier molecular flexibility index (Phi) is 15.0. The zero-order valence-electron chi connectivity index (χ0n) is 30.6. The third kappa shape index (κ3) is 11.0. The number of aliphatic hydroxyl groups is 2. The van der Waals surface area contributed by atoms with Crippen molar-refractivity contribution in [1.82, 2.24) is 9.80 Å². The fraction of sp³-hybridized carbons (Fsp3) is 0.350. The zero-order valence-corrected chi connectivity index (χ0v) is 32.2. The Hall–Kier alpha value is -4.04. The molecule has 10 nitrogen and oxygen atoms in total. The second-order valence-electron chi connectivity index (χ2n) is 13.6. The van der Waals surface area contributed by atoms with Crippen molar-refractivity contribution in [2.24, 2.45) is 11.8 Å². The summed E-state index contributed by atoms with van der Waals surface area (Å²) in [7, 11) is 8.57. The Morgan fingerprint density at radius 3 is 1.02 bits per heavy atom. The molecule has 12 heteroatoms. The topological polar surface area (TPSA) is 128 Å². The second-order valence-corrected chi connectivity index (χ2v) is 15.8. The number of rotatable bonds is 11. The number of nitrogens with zero attached hydrogens (tertiary/aromatic N) is 4. The number of carbonyl (C=O) groups is 2. The van der Waals surface area contributed by atoms with Gasteiger partial charge in [-0.3, -0.25) is 0 Å². The lowest BCUT2D eigenvalue weighted by Gasteiger charge is -2.35. The van der Waals surface area contributed by atoms with Crippen molar-refractivity contribution in [1.29, 1.82) is 0 Å². The standard InChI is InChI=1S/2C18H22N2S.C4H6O6/c2*1-14(12-19(2)3)13-20-15-8-4-6-10-17(15)21-18-11-7-5-9-16(18)20;5-1(3(7)8)2(6)4(9)10/h2*4-11,14H,12-13H2,1-3H3;1-2,5-6H,(H,7,8)(H,9,10)/t2*14-;1-,2-/m111/s1. The number of carboxylic acids is 2. The highest BCUT2D eigenvalue weighted by Crippen LogP contribution is 2.49. The van der Waals surface area contributed by atoms with Crippen LogP contribution in [-0.4, -0.2) is 109 Å². The second kappa shape index (κ2) is 19.2. The molecule has 0 amide bonds. The predicted octanol–water partition coefficient (Wildman–Crippen LogP) is 6.85. The number of anilines is 4. The van der Waals surface area contributed by atoms with Gasteiger partial charge in [-0.25, -0.2) is 9.59 Å². The van der Waals surface area contributed by atoms with Crippen LogP contribution >= 0.6 is 23.5 Å². The fourth-order valence-corrected chi connectivity index (χ4v) is 8.40. The van der Waals surface area contributed by atoms with Crippen molar-refractivity contribution in [2.45, 2.75) is 45.6 Å². The molecule has 6 rings (SSSR count). The van der Waals surface area contributed by atoms with Gasteiger partial charge in [0.15, 0.2) is 12.2 Å². The summed E-state index contributed by atoms with van der Waals surface area (Å²) in [6.45, 7) is 8.96. The molecule has 4 N–H and O–H groups in total. The van der Waals surface area contributed by atoms with Crippen LogP contribution in [0.5, 0.6) is 0 Å². The van der Waals surface area contributed by atoms with Crippen LogP contribution < -0.4 is 9.80 Å². The SMILES string of the molecule is C[C@H](CN(C)C)CN1c2ccccc2Sc2ccccc21.C[C@H](CN(C)C)CN1c2ccccc2Sc2ccccc21.O=C(O)[C@H](O)[C@@H](O)C(=O)O. The first-order valence-electron chi connectivity index (χ1n) is 17.1. The highest BCUT2D eigenvalue weighted by Gasteiger charge is 2.29. The molecule has 0 bridgehead atoms.